The van der Waals surface area contributed by atoms with Gasteiger partial charge in [-0.25, -0.2) is 26.9 Å². The second-order valence-corrected chi connectivity index (χ2v) is 8.43. The molecule has 1 aromatic rings. The summed E-state index contributed by atoms with van der Waals surface area (Å²) in [6.07, 6.45) is 2.47. The molecule has 1 aromatic heterocycles. The summed E-state index contributed by atoms with van der Waals surface area (Å²) in [4.78, 5) is 4.13. The molecule has 2 atom stereocenters. The van der Waals surface area contributed by atoms with Crippen molar-refractivity contribution < 1.29 is 17.2 Å². The van der Waals surface area contributed by atoms with Gasteiger partial charge in [0, 0.05) is 36.4 Å². The fourth-order valence-electron chi connectivity index (χ4n) is 2.54. The topological polar surface area (TPSA) is 59.1 Å². The van der Waals surface area contributed by atoms with Crippen LogP contribution in [0.15, 0.2) is 11.6 Å². The Morgan fingerprint density at radius 2 is 2.33 bits per heavy atom. The van der Waals surface area contributed by atoms with E-state index in [1.54, 1.807) is 6.20 Å². The highest BCUT2D eigenvalue weighted by Gasteiger charge is 2.43. The van der Waals surface area contributed by atoms with E-state index in [0.29, 0.717) is 12.8 Å². The summed E-state index contributed by atoms with van der Waals surface area (Å²) in [5.74, 6) is -3.76. The lowest BCUT2D eigenvalue weighted by Crippen LogP contribution is -2.32. The zero-order valence-corrected chi connectivity index (χ0v) is 13.5. The quantitative estimate of drug-likeness (QED) is 0.831. The first-order chi connectivity index (χ1) is 9.80. The predicted molar refractivity (Wildman–Crippen MR) is 79.2 cm³/mol. The van der Waals surface area contributed by atoms with Gasteiger partial charge in [-0.1, -0.05) is 6.92 Å². The third-order valence-electron chi connectivity index (χ3n) is 3.88. The third kappa shape index (κ3) is 4.69. The molecular weight excluding hydrogens is 318 g/mol. The first-order valence-corrected chi connectivity index (χ1v) is 9.58. The Kier molecular flexibility index (Phi) is 5.32. The molecule has 0 aromatic carbocycles. The van der Waals surface area contributed by atoms with Crippen LogP contribution in [0.25, 0.3) is 0 Å². The van der Waals surface area contributed by atoms with Gasteiger partial charge in [-0.15, -0.1) is 11.3 Å². The Balaban J connectivity index is 1.79. The van der Waals surface area contributed by atoms with Gasteiger partial charge < -0.3 is 0 Å². The van der Waals surface area contributed by atoms with Crippen molar-refractivity contribution in [3.8, 4) is 0 Å². The Labute approximate surface area is 128 Å². The Morgan fingerprint density at radius 3 is 2.90 bits per heavy atom. The smallest absolute Gasteiger partial charge is 0.249 e. The van der Waals surface area contributed by atoms with Gasteiger partial charge in [0.05, 0.1) is 10.8 Å². The van der Waals surface area contributed by atoms with Crippen LogP contribution in [0.4, 0.5) is 8.78 Å². The number of rotatable bonds is 7. The maximum atomic E-state index is 13.5. The van der Waals surface area contributed by atoms with Crippen LogP contribution in [0.3, 0.4) is 0 Å². The van der Waals surface area contributed by atoms with Crippen LogP contribution in [0.5, 0.6) is 0 Å². The van der Waals surface area contributed by atoms with Gasteiger partial charge in [-0.05, 0) is 19.3 Å². The van der Waals surface area contributed by atoms with Gasteiger partial charge in [0.2, 0.25) is 10.0 Å². The first kappa shape index (κ1) is 16.8. The summed E-state index contributed by atoms with van der Waals surface area (Å²) in [6.45, 7) is 2.13. The van der Waals surface area contributed by atoms with Crippen molar-refractivity contribution in [2.75, 3.05) is 12.3 Å². The standard InChI is InChI=1S/C13H20F2N2O2S2/c1-10(12-16-6-7-20-12)9-17-21(18,19)8-4-11-3-2-5-13(11,14)15/h6-7,10-11,17H,2-5,8-9H2,1H3. The van der Waals surface area contributed by atoms with Crippen LogP contribution in [-0.2, 0) is 10.0 Å². The van der Waals surface area contributed by atoms with E-state index >= 15 is 0 Å². The van der Waals surface area contributed by atoms with Crippen molar-refractivity contribution in [2.24, 2.45) is 5.92 Å². The number of nitrogens with one attached hydrogen (secondary N) is 1. The maximum absolute atomic E-state index is 13.5. The first-order valence-electron chi connectivity index (χ1n) is 7.05. The summed E-state index contributed by atoms with van der Waals surface area (Å²) in [5.41, 5.74) is 0. The molecule has 0 saturated heterocycles. The summed E-state index contributed by atoms with van der Waals surface area (Å²) in [5, 5.41) is 2.70. The minimum atomic E-state index is -3.51. The zero-order chi connectivity index (χ0) is 15.5. The molecule has 2 unspecified atom stereocenters. The lowest BCUT2D eigenvalue weighted by molar-refractivity contribution is -0.0374. The fraction of sp³-hybridized carbons (Fsp3) is 0.769. The lowest BCUT2D eigenvalue weighted by atomic mass is 10.0. The molecule has 2 rings (SSSR count). The molecule has 0 aliphatic heterocycles. The van der Waals surface area contributed by atoms with E-state index in [-0.39, 0.29) is 31.1 Å². The number of aromatic nitrogens is 1. The number of hydrogen-bond acceptors (Lipinski definition) is 4. The zero-order valence-electron chi connectivity index (χ0n) is 11.9. The highest BCUT2D eigenvalue weighted by Crippen LogP contribution is 2.42. The summed E-state index contributed by atoms with van der Waals surface area (Å²) in [7, 11) is -3.51. The van der Waals surface area contributed by atoms with Crippen LogP contribution in [0, 0.1) is 5.92 Å². The van der Waals surface area contributed by atoms with Gasteiger partial charge in [0.15, 0.2) is 0 Å². The van der Waals surface area contributed by atoms with Crippen molar-refractivity contribution in [2.45, 2.75) is 44.4 Å². The molecule has 1 aliphatic rings. The van der Waals surface area contributed by atoms with Gasteiger partial charge in [-0.3, -0.25) is 0 Å². The molecule has 0 amide bonds. The summed E-state index contributed by atoms with van der Waals surface area (Å²) in [6, 6.07) is 0. The minimum absolute atomic E-state index is 0.0207. The second-order valence-electron chi connectivity index (χ2n) is 5.58. The summed E-state index contributed by atoms with van der Waals surface area (Å²) < 4.78 is 53.2. The van der Waals surface area contributed by atoms with E-state index < -0.39 is 21.9 Å². The van der Waals surface area contributed by atoms with Crippen LogP contribution >= 0.6 is 11.3 Å². The van der Waals surface area contributed by atoms with Crippen molar-refractivity contribution in [1.82, 2.24) is 9.71 Å². The number of thiazole rings is 1. The fourth-order valence-corrected chi connectivity index (χ4v) is 4.48. The normalized spacial score (nSPS) is 23.3. The Bertz CT molecular complexity index is 547. The Morgan fingerprint density at radius 1 is 1.57 bits per heavy atom. The minimum Gasteiger partial charge on any atom is -0.249 e. The molecule has 1 heterocycles. The molecule has 1 saturated carbocycles. The average molecular weight is 338 g/mol. The van der Waals surface area contributed by atoms with Crippen LogP contribution in [0.2, 0.25) is 0 Å². The maximum Gasteiger partial charge on any atom is 0.250 e. The molecule has 4 nitrogen and oxygen atoms in total. The largest absolute Gasteiger partial charge is 0.250 e. The van der Waals surface area contributed by atoms with E-state index in [0.717, 1.165) is 5.01 Å². The second kappa shape index (κ2) is 6.66. The Hall–Kier alpha value is -0.600. The molecule has 0 spiro atoms. The number of sulfonamides is 1. The molecule has 0 bridgehead atoms. The number of nitrogens with zero attached hydrogens (tertiary/aromatic N) is 1. The van der Waals surface area contributed by atoms with Gasteiger partial charge in [-0.2, -0.15) is 0 Å². The molecule has 1 fully saturated rings. The highest BCUT2D eigenvalue weighted by atomic mass is 32.2. The molecule has 0 radical (unpaired) electrons. The van der Waals surface area contributed by atoms with Crippen molar-refractivity contribution in [1.29, 1.82) is 0 Å². The molecule has 21 heavy (non-hydrogen) atoms. The predicted octanol–water partition coefficient (Wildman–Crippen LogP) is 2.99. The van der Waals surface area contributed by atoms with Crippen LogP contribution in [-0.4, -0.2) is 31.6 Å². The SMILES string of the molecule is CC(CNS(=O)(=O)CCC1CCCC1(F)F)c1nccs1. The van der Waals surface area contributed by atoms with Crippen molar-refractivity contribution >= 4 is 21.4 Å². The lowest BCUT2D eigenvalue weighted by Gasteiger charge is -2.19. The molecule has 1 N–H and O–H groups in total. The third-order valence-corrected chi connectivity index (χ3v) is 6.26. The molecule has 8 heteroatoms. The van der Waals surface area contributed by atoms with E-state index in [1.807, 2.05) is 12.3 Å². The van der Waals surface area contributed by atoms with E-state index in [9.17, 15) is 17.2 Å². The van der Waals surface area contributed by atoms with Crippen molar-refractivity contribution in [3.63, 3.8) is 0 Å². The number of halogens is 2. The number of hydrogen-bond donors (Lipinski definition) is 1. The van der Waals surface area contributed by atoms with Gasteiger partial charge in [0.1, 0.15) is 0 Å². The van der Waals surface area contributed by atoms with Gasteiger partial charge >= 0.3 is 0 Å². The van der Waals surface area contributed by atoms with E-state index in [1.165, 1.54) is 11.3 Å². The van der Waals surface area contributed by atoms with E-state index in [2.05, 4.69) is 9.71 Å². The number of alkyl halides is 2. The summed E-state index contributed by atoms with van der Waals surface area (Å²) >= 11 is 1.47. The molecule has 1 aliphatic carbocycles. The van der Waals surface area contributed by atoms with Crippen LogP contribution in [0.1, 0.15) is 43.5 Å². The monoisotopic (exact) mass is 338 g/mol. The highest BCUT2D eigenvalue weighted by molar-refractivity contribution is 7.89. The average Bonchev–Trinajstić information content (AvgIpc) is 3.03. The van der Waals surface area contributed by atoms with Crippen molar-refractivity contribution in [3.05, 3.63) is 16.6 Å². The van der Waals surface area contributed by atoms with Crippen LogP contribution < -0.4 is 4.72 Å². The van der Waals surface area contributed by atoms with Gasteiger partial charge in [0.25, 0.3) is 5.92 Å². The molecule has 120 valence electrons. The van der Waals surface area contributed by atoms with E-state index in [4.69, 9.17) is 0 Å². The molecular formula is C13H20F2N2O2S2.